The number of methoxy groups -OCH3 is 1. The number of hydrogen-bond acceptors (Lipinski definition) is 8. The smallest absolute Gasteiger partial charge is 0.231 e. The first-order valence-electron chi connectivity index (χ1n) is 8.02. The van der Waals surface area contributed by atoms with E-state index in [-0.39, 0.29) is 37.7 Å². The van der Waals surface area contributed by atoms with E-state index in [0.29, 0.717) is 46.1 Å². The monoisotopic (exact) mass is 406 g/mol. The van der Waals surface area contributed by atoms with Crippen LogP contribution in [-0.2, 0) is 25.0 Å². The predicted octanol–water partition coefficient (Wildman–Crippen LogP) is 2.35. The average Bonchev–Trinajstić information content (AvgIpc) is 3.12. The van der Waals surface area contributed by atoms with Gasteiger partial charge >= 0.3 is 0 Å². The largest absolute Gasteiger partial charge is 0.504 e. The van der Waals surface area contributed by atoms with Gasteiger partial charge in [-0.3, -0.25) is 0 Å². The average molecular weight is 406 g/mol. The van der Waals surface area contributed by atoms with Gasteiger partial charge in [0.1, 0.15) is 12.1 Å². The van der Waals surface area contributed by atoms with E-state index >= 15 is 0 Å². The summed E-state index contributed by atoms with van der Waals surface area (Å²) < 4.78 is 16.1. The molecule has 0 fully saturated rings. The number of benzene rings is 2. The molecule has 1 aliphatic heterocycles. The Morgan fingerprint density at radius 2 is 2.07 bits per heavy atom. The third-order valence-corrected chi connectivity index (χ3v) is 4.19. The van der Waals surface area contributed by atoms with Gasteiger partial charge in [0.25, 0.3) is 0 Å². The van der Waals surface area contributed by atoms with Crippen molar-refractivity contribution < 1.29 is 43.0 Å². The number of aromatic hydroxyl groups is 1. The molecule has 1 aromatic heterocycles. The molecule has 0 saturated heterocycles. The first kappa shape index (κ1) is 19.1. The standard InChI is InChI=1S/C18H17N3O5.V/c1-24-15-7-12-11(6-13(15)23)18(20-8-19-12)21-16-10(4-5-22)2-3-14-17(16)26-9-25-14;/h2-3,6-8,22-23H,4-5,9H2,1H3,(H,19,20,21);. The Kier molecular flexibility index (Phi) is 5.60. The van der Waals surface area contributed by atoms with E-state index in [1.807, 2.05) is 12.1 Å². The van der Waals surface area contributed by atoms with Gasteiger partial charge in [0.15, 0.2) is 23.0 Å². The van der Waals surface area contributed by atoms with Crippen LogP contribution in [0.15, 0.2) is 30.6 Å². The van der Waals surface area contributed by atoms with Crippen LogP contribution in [-0.4, -0.2) is 40.7 Å². The zero-order valence-electron chi connectivity index (χ0n) is 14.5. The van der Waals surface area contributed by atoms with Crippen molar-refractivity contribution in [3.05, 3.63) is 36.2 Å². The van der Waals surface area contributed by atoms with Crippen LogP contribution in [0, 0.1) is 0 Å². The molecule has 139 valence electrons. The van der Waals surface area contributed by atoms with Gasteiger partial charge in [-0.2, -0.15) is 0 Å². The molecule has 0 bridgehead atoms. The van der Waals surface area contributed by atoms with Crippen molar-refractivity contribution >= 4 is 22.4 Å². The first-order chi connectivity index (χ1) is 12.7. The van der Waals surface area contributed by atoms with Gasteiger partial charge in [-0.05, 0) is 24.1 Å². The Bertz CT molecular complexity index is 983. The van der Waals surface area contributed by atoms with Gasteiger partial charge < -0.3 is 29.7 Å². The van der Waals surface area contributed by atoms with E-state index in [0.717, 1.165) is 5.56 Å². The van der Waals surface area contributed by atoms with Crippen LogP contribution in [0.5, 0.6) is 23.0 Å². The molecule has 2 heterocycles. The van der Waals surface area contributed by atoms with Crippen molar-refractivity contribution in [2.75, 3.05) is 25.8 Å². The molecule has 0 spiro atoms. The van der Waals surface area contributed by atoms with Gasteiger partial charge in [-0.25, -0.2) is 9.97 Å². The van der Waals surface area contributed by atoms with Crippen LogP contribution < -0.4 is 19.5 Å². The SMILES string of the molecule is COc1cc2ncnc(Nc3c(CCO)ccc4c3OCO4)c2cc1O.[V]. The Morgan fingerprint density at radius 1 is 1.22 bits per heavy atom. The molecular weight excluding hydrogens is 389 g/mol. The van der Waals surface area contributed by atoms with E-state index in [9.17, 15) is 10.2 Å². The number of aliphatic hydroxyl groups is 1. The van der Waals surface area contributed by atoms with E-state index < -0.39 is 0 Å². The molecule has 0 saturated carbocycles. The maximum atomic E-state index is 10.1. The van der Waals surface area contributed by atoms with E-state index in [2.05, 4.69) is 15.3 Å². The van der Waals surface area contributed by atoms with Gasteiger partial charge in [0, 0.05) is 36.6 Å². The van der Waals surface area contributed by atoms with Crippen molar-refractivity contribution in [2.24, 2.45) is 0 Å². The van der Waals surface area contributed by atoms with E-state index in [1.54, 1.807) is 12.1 Å². The number of hydrogen-bond donors (Lipinski definition) is 3. The number of nitrogens with one attached hydrogen (secondary N) is 1. The molecule has 1 aliphatic rings. The second-order valence-electron chi connectivity index (χ2n) is 5.70. The van der Waals surface area contributed by atoms with Crippen LogP contribution in [0.2, 0.25) is 0 Å². The zero-order valence-corrected chi connectivity index (χ0v) is 15.9. The fraction of sp³-hybridized carbons (Fsp3) is 0.222. The first-order valence-corrected chi connectivity index (χ1v) is 8.02. The Labute approximate surface area is 167 Å². The molecule has 1 radical (unpaired) electrons. The fourth-order valence-electron chi connectivity index (χ4n) is 2.93. The van der Waals surface area contributed by atoms with Gasteiger partial charge in [-0.15, -0.1) is 0 Å². The minimum atomic E-state index is -0.00805. The van der Waals surface area contributed by atoms with Gasteiger partial charge in [0.05, 0.1) is 18.3 Å². The molecule has 4 rings (SSSR count). The summed E-state index contributed by atoms with van der Waals surface area (Å²) in [4.78, 5) is 8.52. The van der Waals surface area contributed by atoms with Gasteiger partial charge in [-0.1, -0.05) is 6.07 Å². The van der Waals surface area contributed by atoms with Crippen molar-refractivity contribution in [3.63, 3.8) is 0 Å². The summed E-state index contributed by atoms with van der Waals surface area (Å²) in [5.41, 5.74) is 2.15. The summed E-state index contributed by atoms with van der Waals surface area (Å²) in [7, 11) is 1.48. The molecule has 9 heteroatoms. The molecule has 3 aromatic rings. The summed E-state index contributed by atoms with van der Waals surface area (Å²) in [5.74, 6) is 2.01. The third-order valence-electron chi connectivity index (χ3n) is 4.19. The minimum Gasteiger partial charge on any atom is -0.504 e. The second-order valence-corrected chi connectivity index (χ2v) is 5.70. The summed E-state index contributed by atoms with van der Waals surface area (Å²) in [5, 5.41) is 23.3. The second kappa shape index (κ2) is 7.91. The summed E-state index contributed by atoms with van der Waals surface area (Å²) in [6.45, 7) is 0.131. The number of phenols is 1. The van der Waals surface area contributed by atoms with Crippen LogP contribution in [0.1, 0.15) is 5.56 Å². The van der Waals surface area contributed by atoms with Crippen molar-refractivity contribution in [1.82, 2.24) is 9.97 Å². The number of nitrogens with zero attached hydrogens (tertiary/aromatic N) is 2. The molecule has 27 heavy (non-hydrogen) atoms. The van der Waals surface area contributed by atoms with Gasteiger partial charge in [0.2, 0.25) is 6.79 Å². The zero-order chi connectivity index (χ0) is 18.1. The topological polar surface area (TPSA) is 106 Å². The Balaban J connectivity index is 0.00000210. The number of aromatic nitrogens is 2. The molecule has 0 unspecified atom stereocenters. The number of phenolic OH excluding ortho intramolecular Hbond substituents is 1. The number of ether oxygens (including phenoxy) is 3. The summed E-state index contributed by atoms with van der Waals surface area (Å²) in [6.07, 6.45) is 1.87. The quantitative estimate of drug-likeness (QED) is 0.593. The van der Waals surface area contributed by atoms with E-state index in [4.69, 9.17) is 14.2 Å². The maximum absolute atomic E-state index is 10.1. The fourth-order valence-corrected chi connectivity index (χ4v) is 2.93. The number of fused-ring (bicyclic) bond motifs is 2. The number of anilines is 2. The third kappa shape index (κ3) is 3.47. The molecule has 2 aromatic carbocycles. The van der Waals surface area contributed by atoms with E-state index in [1.165, 1.54) is 13.4 Å². The Morgan fingerprint density at radius 3 is 2.85 bits per heavy atom. The maximum Gasteiger partial charge on any atom is 0.231 e. The summed E-state index contributed by atoms with van der Waals surface area (Å²) >= 11 is 0. The van der Waals surface area contributed by atoms with Crippen molar-refractivity contribution in [1.29, 1.82) is 0 Å². The molecular formula is C18H17N3O5V. The van der Waals surface area contributed by atoms with Crippen LogP contribution in [0.25, 0.3) is 10.9 Å². The predicted molar refractivity (Wildman–Crippen MR) is 94.4 cm³/mol. The minimum absolute atomic E-state index is 0. The Hall–Kier alpha value is -2.68. The van der Waals surface area contributed by atoms with Crippen LogP contribution in [0.4, 0.5) is 11.5 Å². The van der Waals surface area contributed by atoms with Crippen LogP contribution in [0.3, 0.4) is 0 Å². The van der Waals surface area contributed by atoms with Crippen molar-refractivity contribution in [3.8, 4) is 23.0 Å². The normalized spacial score (nSPS) is 11.9. The molecule has 8 nitrogen and oxygen atoms in total. The summed E-state index contributed by atoms with van der Waals surface area (Å²) in [6, 6.07) is 6.87. The van der Waals surface area contributed by atoms with Crippen molar-refractivity contribution in [2.45, 2.75) is 6.42 Å². The molecule has 0 amide bonds. The number of aliphatic hydroxyl groups excluding tert-OH is 1. The van der Waals surface area contributed by atoms with Crippen LogP contribution >= 0.6 is 0 Å². The number of rotatable bonds is 5. The molecule has 0 aliphatic carbocycles. The molecule has 3 N–H and O–H groups in total. The molecule has 0 atom stereocenters.